The Kier molecular flexibility index (Phi) is 7.25. The first-order valence-corrected chi connectivity index (χ1v) is 12.1. The summed E-state index contributed by atoms with van der Waals surface area (Å²) in [7, 11) is -6.32. The molecular weight excluding hydrogens is 424 g/mol. The number of carboxylic acids is 1. The Morgan fingerprint density at radius 3 is 2.55 bits per heavy atom. The van der Waals surface area contributed by atoms with Crippen LogP contribution in [0.1, 0.15) is 26.2 Å². The molecular formula is C17H24N2O8S2. The van der Waals surface area contributed by atoms with Gasteiger partial charge in [-0.05, 0) is 31.0 Å². The maximum absolute atomic E-state index is 13.4. The molecule has 1 heterocycles. The van der Waals surface area contributed by atoms with Crippen LogP contribution in [0.2, 0.25) is 0 Å². The third kappa shape index (κ3) is 5.90. The van der Waals surface area contributed by atoms with E-state index in [-0.39, 0.29) is 53.6 Å². The molecule has 0 aliphatic carbocycles. The molecule has 1 aromatic rings. The summed E-state index contributed by atoms with van der Waals surface area (Å²) in [6.07, 6.45) is -0.101. The average molecular weight is 449 g/mol. The fraction of sp³-hybridized carbons (Fsp3) is 0.529. The van der Waals surface area contributed by atoms with Gasteiger partial charge in [-0.15, -0.1) is 0 Å². The predicted molar refractivity (Wildman–Crippen MR) is 105 cm³/mol. The number of nitrogens with one attached hydrogen (secondary N) is 1. The lowest BCUT2D eigenvalue weighted by Gasteiger charge is -2.28. The minimum Gasteiger partial charge on any atom is -0.495 e. The van der Waals surface area contributed by atoms with Crippen molar-refractivity contribution in [2.75, 3.05) is 30.5 Å². The van der Waals surface area contributed by atoms with Crippen LogP contribution >= 0.6 is 0 Å². The van der Waals surface area contributed by atoms with E-state index in [1.54, 1.807) is 0 Å². The number of ether oxygens (including phenoxy) is 1. The maximum atomic E-state index is 13.4. The Labute approximate surface area is 169 Å². The van der Waals surface area contributed by atoms with Crippen molar-refractivity contribution < 1.29 is 36.3 Å². The van der Waals surface area contributed by atoms with Crippen molar-refractivity contribution in [3.05, 3.63) is 18.2 Å². The van der Waals surface area contributed by atoms with Gasteiger partial charge in [0.2, 0.25) is 15.9 Å². The molecule has 1 atom stereocenters. The summed E-state index contributed by atoms with van der Waals surface area (Å²) in [4.78, 5) is 21.9. The van der Waals surface area contributed by atoms with Crippen LogP contribution in [0.3, 0.4) is 0 Å². The topological polar surface area (TPSA) is 147 Å². The molecule has 1 saturated heterocycles. The normalized spacial score (nSPS) is 18.5. The van der Waals surface area contributed by atoms with Gasteiger partial charge in [0.05, 0.1) is 18.6 Å². The lowest BCUT2D eigenvalue weighted by atomic mass is 10.2. The first-order valence-electron chi connectivity index (χ1n) is 8.86. The van der Waals surface area contributed by atoms with E-state index >= 15 is 0 Å². The molecule has 0 bridgehead atoms. The van der Waals surface area contributed by atoms with Gasteiger partial charge in [-0.25, -0.2) is 16.8 Å². The van der Waals surface area contributed by atoms with E-state index in [0.29, 0.717) is 0 Å². The van der Waals surface area contributed by atoms with Crippen molar-refractivity contribution in [2.24, 2.45) is 0 Å². The first-order chi connectivity index (χ1) is 13.5. The van der Waals surface area contributed by atoms with Gasteiger partial charge in [0, 0.05) is 31.6 Å². The van der Waals surface area contributed by atoms with E-state index in [9.17, 15) is 26.4 Å². The zero-order valence-corrected chi connectivity index (χ0v) is 17.8. The second-order valence-corrected chi connectivity index (χ2v) is 10.8. The van der Waals surface area contributed by atoms with Crippen LogP contribution in [0, 0.1) is 0 Å². The third-order valence-corrected chi connectivity index (χ3v) is 8.18. The maximum Gasteiger partial charge on any atom is 0.303 e. The summed E-state index contributed by atoms with van der Waals surface area (Å²) in [5, 5.41) is 11.4. The number of nitrogens with zero attached hydrogens (tertiary/aromatic N) is 1. The van der Waals surface area contributed by atoms with Gasteiger partial charge >= 0.3 is 5.97 Å². The standard InChI is InChI=1S/C17H24N2O8S2/c1-12(20)18-13-5-6-15(27-2)16(10-13)29(25,26)19(8-3-4-17(21)22)14-7-9-28(23,24)11-14/h5-6,10,14H,3-4,7-9,11H2,1-2H3,(H,18,20)(H,21,22)/t14-/m1/s1. The molecule has 0 saturated carbocycles. The van der Waals surface area contributed by atoms with E-state index in [2.05, 4.69) is 5.32 Å². The fourth-order valence-electron chi connectivity index (χ4n) is 3.17. The number of sulfone groups is 1. The van der Waals surface area contributed by atoms with Crippen molar-refractivity contribution in [2.45, 2.75) is 37.1 Å². The van der Waals surface area contributed by atoms with Crippen molar-refractivity contribution >= 4 is 37.4 Å². The molecule has 1 amide bonds. The third-order valence-electron chi connectivity index (χ3n) is 4.46. The molecule has 29 heavy (non-hydrogen) atoms. The number of amides is 1. The lowest BCUT2D eigenvalue weighted by Crippen LogP contribution is -2.42. The Balaban J connectivity index is 2.47. The number of hydrogen-bond donors (Lipinski definition) is 2. The van der Waals surface area contributed by atoms with Crippen LogP contribution in [0.15, 0.2) is 23.1 Å². The highest BCUT2D eigenvalue weighted by molar-refractivity contribution is 7.92. The quantitative estimate of drug-likeness (QED) is 0.561. The van der Waals surface area contributed by atoms with Crippen molar-refractivity contribution in [1.29, 1.82) is 0 Å². The minimum atomic E-state index is -4.23. The molecule has 1 aliphatic rings. The molecule has 2 rings (SSSR count). The highest BCUT2D eigenvalue weighted by atomic mass is 32.2. The monoisotopic (exact) mass is 448 g/mol. The van der Waals surface area contributed by atoms with Gasteiger partial charge in [0.15, 0.2) is 9.84 Å². The summed E-state index contributed by atoms with van der Waals surface area (Å²) < 4.78 is 56.8. The van der Waals surface area contributed by atoms with Crippen LogP contribution in [0.25, 0.3) is 0 Å². The van der Waals surface area contributed by atoms with E-state index in [4.69, 9.17) is 9.84 Å². The number of methoxy groups -OCH3 is 1. The van der Waals surface area contributed by atoms with E-state index < -0.39 is 37.8 Å². The molecule has 0 spiro atoms. The van der Waals surface area contributed by atoms with Crippen LogP contribution in [0.5, 0.6) is 5.75 Å². The van der Waals surface area contributed by atoms with Gasteiger partial charge in [-0.2, -0.15) is 4.31 Å². The van der Waals surface area contributed by atoms with Crippen molar-refractivity contribution in [3.8, 4) is 5.75 Å². The molecule has 12 heteroatoms. The molecule has 10 nitrogen and oxygen atoms in total. The Morgan fingerprint density at radius 1 is 1.34 bits per heavy atom. The summed E-state index contributed by atoms with van der Waals surface area (Å²) in [5.74, 6) is -1.90. The number of carboxylic acid groups (broad SMARTS) is 1. The number of hydrogen-bond acceptors (Lipinski definition) is 7. The smallest absolute Gasteiger partial charge is 0.303 e. The molecule has 0 radical (unpaired) electrons. The van der Waals surface area contributed by atoms with Crippen LogP contribution < -0.4 is 10.1 Å². The molecule has 0 aromatic heterocycles. The summed E-state index contributed by atoms with van der Waals surface area (Å²) in [6, 6.07) is 3.31. The van der Waals surface area contributed by atoms with Crippen molar-refractivity contribution in [1.82, 2.24) is 4.31 Å². The van der Waals surface area contributed by atoms with Crippen LogP contribution in [-0.2, 0) is 29.4 Å². The summed E-state index contributed by atoms with van der Waals surface area (Å²) >= 11 is 0. The zero-order valence-electron chi connectivity index (χ0n) is 16.1. The zero-order chi connectivity index (χ0) is 21.8. The second kappa shape index (κ2) is 9.09. The number of benzene rings is 1. The van der Waals surface area contributed by atoms with Crippen molar-refractivity contribution in [3.63, 3.8) is 0 Å². The predicted octanol–water partition coefficient (Wildman–Crippen LogP) is 0.696. The Hall–Kier alpha value is -2.18. The van der Waals surface area contributed by atoms with E-state index in [1.165, 1.54) is 32.2 Å². The number of anilines is 1. The molecule has 1 aliphatic heterocycles. The molecule has 0 unspecified atom stereocenters. The van der Waals surface area contributed by atoms with Gasteiger partial charge in [0.1, 0.15) is 10.6 Å². The molecule has 162 valence electrons. The summed E-state index contributed by atoms with van der Waals surface area (Å²) in [6.45, 7) is 1.13. The number of rotatable bonds is 9. The highest BCUT2D eigenvalue weighted by Gasteiger charge is 2.39. The lowest BCUT2D eigenvalue weighted by molar-refractivity contribution is -0.137. The number of carbonyl (C=O) groups is 2. The van der Waals surface area contributed by atoms with E-state index in [0.717, 1.165) is 4.31 Å². The largest absolute Gasteiger partial charge is 0.495 e. The first kappa shape index (κ1) is 23.1. The van der Waals surface area contributed by atoms with E-state index in [1.807, 2.05) is 0 Å². The summed E-state index contributed by atoms with van der Waals surface area (Å²) in [5.41, 5.74) is 0.237. The Bertz CT molecular complexity index is 989. The second-order valence-electron chi connectivity index (χ2n) is 6.72. The number of sulfonamides is 1. The van der Waals surface area contributed by atoms with Crippen LogP contribution in [-0.4, -0.2) is 69.3 Å². The SMILES string of the molecule is COc1ccc(NC(C)=O)cc1S(=O)(=O)N(CCCC(=O)O)[C@@H]1CCS(=O)(=O)C1. The van der Waals surface area contributed by atoms with Crippen LogP contribution in [0.4, 0.5) is 5.69 Å². The molecule has 1 aromatic carbocycles. The highest BCUT2D eigenvalue weighted by Crippen LogP contribution is 2.33. The minimum absolute atomic E-state index is 0.0266. The van der Waals surface area contributed by atoms with Gasteiger partial charge in [0.25, 0.3) is 0 Å². The number of carbonyl (C=O) groups excluding carboxylic acids is 1. The van der Waals surface area contributed by atoms with Gasteiger partial charge in [-0.3, -0.25) is 9.59 Å². The molecule has 1 fully saturated rings. The van der Waals surface area contributed by atoms with Gasteiger partial charge < -0.3 is 15.2 Å². The Morgan fingerprint density at radius 2 is 2.03 bits per heavy atom. The molecule has 2 N–H and O–H groups in total. The number of aliphatic carboxylic acids is 1. The average Bonchev–Trinajstić information content (AvgIpc) is 2.97. The fourth-order valence-corrected chi connectivity index (χ4v) is 6.87. The van der Waals surface area contributed by atoms with Gasteiger partial charge in [-0.1, -0.05) is 0 Å².